The van der Waals surface area contributed by atoms with E-state index < -0.39 is 17.4 Å². The van der Waals surface area contributed by atoms with E-state index in [0.717, 1.165) is 16.2 Å². The number of rotatable bonds is 4. The van der Waals surface area contributed by atoms with Gasteiger partial charge in [0.15, 0.2) is 0 Å². The Morgan fingerprint density at radius 3 is 2.38 bits per heavy atom. The number of carbonyl (C=O) groups excluding carboxylic acids is 2. The monoisotopic (exact) mass is 429 g/mol. The molecule has 0 atom stereocenters. The largest absolute Gasteiger partial charge is 0.489 e. The van der Waals surface area contributed by atoms with E-state index >= 15 is 0 Å². The normalized spacial score (nSPS) is 12.6. The number of anilines is 1. The molecule has 0 radical (unpaired) electrons. The zero-order chi connectivity index (χ0) is 20.7. The van der Waals surface area contributed by atoms with Gasteiger partial charge in [0.1, 0.15) is 18.2 Å². The highest BCUT2D eigenvalue weighted by atomic mass is 35.5. The van der Waals surface area contributed by atoms with Crippen LogP contribution in [0.5, 0.6) is 5.75 Å². The third-order valence-corrected chi connectivity index (χ3v) is 5.04. The fourth-order valence-corrected chi connectivity index (χ4v) is 3.50. The number of amides is 2. The number of halogens is 2. The molecule has 2 amide bonds. The molecule has 3 aromatic rings. The van der Waals surface area contributed by atoms with Crippen LogP contribution < -0.4 is 21.3 Å². The second-order valence-corrected chi connectivity index (χ2v) is 7.14. The van der Waals surface area contributed by atoms with Gasteiger partial charge in [-0.05, 0) is 36.4 Å². The zero-order valence-corrected chi connectivity index (χ0v) is 16.3. The average molecular weight is 430 g/mol. The van der Waals surface area contributed by atoms with E-state index in [4.69, 9.17) is 33.7 Å². The first-order valence-corrected chi connectivity index (χ1v) is 9.19. The van der Waals surface area contributed by atoms with Crippen LogP contribution in [0.2, 0.25) is 10.0 Å². The van der Waals surface area contributed by atoms with Crippen molar-refractivity contribution >= 4 is 40.8 Å². The molecule has 0 saturated carbocycles. The SMILES string of the molecule is Nc1c2c(cc(=O)n1-c1ccc(OCc3ccc(Cl)cc3Cl)cc1)C(=O)NC2=O. The highest BCUT2D eigenvalue weighted by Gasteiger charge is 2.31. The van der Waals surface area contributed by atoms with Crippen LogP contribution in [0.25, 0.3) is 5.69 Å². The molecule has 9 heteroatoms. The molecule has 1 aliphatic rings. The smallest absolute Gasteiger partial charge is 0.262 e. The van der Waals surface area contributed by atoms with E-state index in [1.807, 2.05) is 0 Å². The minimum absolute atomic E-state index is 0.00712. The molecule has 7 nitrogen and oxygen atoms in total. The maximum Gasteiger partial charge on any atom is 0.262 e. The number of ether oxygens (including phenoxy) is 1. The number of aromatic nitrogens is 1. The topological polar surface area (TPSA) is 103 Å². The number of benzene rings is 2. The van der Waals surface area contributed by atoms with Gasteiger partial charge in [-0.1, -0.05) is 29.3 Å². The second kappa shape index (κ2) is 7.27. The maximum atomic E-state index is 12.4. The van der Waals surface area contributed by atoms with Crippen LogP contribution in [0.3, 0.4) is 0 Å². The van der Waals surface area contributed by atoms with Gasteiger partial charge in [0.2, 0.25) is 0 Å². The van der Waals surface area contributed by atoms with Crippen LogP contribution in [0.4, 0.5) is 5.82 Å². The molecule has 146 valence electrons. The van der Waals surface area contributed by atoms with Crippen molar-refractivity contribution in [3.8, 4) is 11.4 Å². The third kappa shape index (κ3) is 3.46. The second-order valence-electron chi connectivity index (χ2n) is 6.29. The number of nitrogens with two attached hydrogens (primary N) is 1. The summed E-state index contributed by atoms with van der Waals surface area (Å²) in [4.78, 5) is 36.1. The van der Waals surface area contributed by atoms with Crippen LogP contribution in [-0.2, 0) is 6.61 Å². The van der Waals surface area contributed by atoms with Crippen LogP contribution in [0.1, 0.15) is 26.3 Å². The fraction of sp³-hybridized carbons (Fsp3) is 0.0500. The summed E-state index contributed by atoms with van der Waals surface area (Å²) < 4.78 is 6.88. The van der Waals surface area contributed by atoms with Crippen LogP contribution in [-0.4, -0.2) is 16.4 Å². The van der Waals surface area contributed by atoms with Crippen LogP contribution in [0.15, 0.2) is 53.3 Å². The lowest BCUT2D eigenvalue weighted by Crippen LogP contribution is -2.24. The van der Waals surface area contributed by atoms with Gasteiger partial charge in [0.25, 0.3) is 17.4 Å². The van der Waals surface area contributed by atoms with Crippen molar-refractivity contribution in [3.63, 3.8) is 0 Å². The van der Waals surface area contributed by atoms with Crippen molar-refractivity contribution in [3.05, 3.63) is 85.6 Å². The van der Waals surface area contributed by atoms with Crippen LogP contribution in [0, 0.1) is 0 Å². The Balaban J connectivity index is 1.60. The van der Waals surface area contributed by atoms with Crippen molar-refractivity contribution in [2.75, 3.05) is 5.73 Å². The Labute approximate surface area is 174 Å². The quantitative estimate of drug-likeness (QED) is 0.619. The van der Waals surface area contributed by atoms with E-state index in [-0.39, 0.29) is 23.6 Å². The summed E-state index contributed by atoms with van der Waals surface area (Å²) in [5, 5.41) is 3.17. The Morgan fingerprint density at radius 1 is 0.966 bits per heavy atom. The molecule has 0 aliphatic carbocycles. The van der Waals surface area contributed by atoms with Gasteiger partial charge in [-0.25, -0.2) is 0 Å². The van der Waals surface area contributed by atoms with E-state index in [0.29, 0.717) is 21.5 Å². The van der Waals surface area contributed by atoms with E-state index in [9.17, 15) is 14.4 Å². The summed E-state index contributed by atoms with van der Waals surface area (Å²) >= 11 is 12.0. The summed E-state index contributed by atoms with van der Waals surface area (Å²) in [7, 11) is 0. The minimum Gasteiger partial charge on any atom is -0.489 e. The lowest BCUT2D eigenvalue weighted by atomic mass is 10.1. The van der Waals surface area contributed by atoms with Crippen LogP contribution >= 0.6 is 23.2 Å². The molecule has 2 heterocycles. The molecule has 2 aromatic carbocycles. The van der Waals surface area contributed by atoms with E-state index in [1.54, 1.807) is 42.5 Å². The Hall–Kier alpha value is -3.29. The summed E-state index contributed by atoms with van der Waals surface area (Å²) in [5.74, 6) is -0.820. The van der Waals surface area contributed by atoms with Gasteiger partial charge >= 0.3 is 0 Å². The van der Waals surface area contributed by atoms with Crippen molar-refractivity contribution < 1.29 is 14.3 Å². The lowest BCUT2D eigenvalue weighted by molar-refractivity contribution is 0.0880. The maximum absolute atomic E-state index is 12.4. The highest BCUT2D eigenvalue weighted by Crippen LogP contribution is 2.25. The minimum atomic E-state index is -0.634. The number of carbonyl (C=O) groups is 2. The fourth-order valence-electron chi connectivity index (χ4n) is 3.04. The number of fused-ring (bicyclic) bond motifs is 1. The molecular formula is C20H13Cl2N3O4. The summed E-state index contributed by atoms with van der Waals surface area (Å²) in [6, 6.07) is 12.8. The van der Waals surface area contributed by atoms with Gasteiger partial charge in [-0.15, -0.1) is 0 Å². The van der Waals surface area contributed by atoms with E-state index in [2.05, 4.69) is 5.32 Å². The first kappa shape index (κ1) is 19.0. The molecule has 0 bridgehead atoms. The summed E-state index contributed by atoms with van der Waals surface area (Å²) in [6.45, 7) is 0.235. The first-order valence-electron chi connectivity index (χ1n) is 8.43. The third-order valence-electron chi connectivity index (χ3n) is 4.46. The number of imide groups is 1. The number of nitrogen functional groups attached to an aromatic ring is 1. The van der Waals surface area contributed by atoms with Crippen molar-refractivity contribution in [2.24, 2.45) is 0 Å². The predicted octanol–water partition coefficient (Wildman–Crippen LogP) is 3.19. The Bertz CT molecular complexity index is 1220. The standard InChI is InChI=1S/C20H13Cl2N3O4/c21-11-2-1-10(15(22)7-11)9-29-13-5-3-12(4-6-13)25-16(26)8-14-17(18(25)23)20(28)24-19(14)27/h1-8H,9,23H2,(H,24,27,28). The summed E-state index contributed by atoms with van der Waals surface area (Å²) in [5.41, 5.74) is 6.67. The van der Waals surface area contributed by atoms with Gasteiger partial charge in [-0.3, -0.25) is 24.3 Å². The molecule has 4 rings (SSSR count). The molecule has 3 N–H and O–H groups in total. The number of nitrogens with one attached hydrogen (secondary N) is 1. The molecule has 1 aliphatic heterocycles. The Morgan fingerprint density at radius 2 is 1.69 bits per heavy atom. The van der Waals surface area contributed by atoms with Gasteiger partial charge in [0.05, 0.1) is 16.8 Å². The first-order chi connectivity index (χ1) is 13.8. The lowest BCUT2D eigenvalue weighted by Gasteiger charge is -2.13. The molecule has 0 spiro atoms. The van der Waals surface area contributed by atoms with Crippen molar-refractivity contribution in [1.82, 2.24) is 9.88 Å². The molecule has 1 aromatic heterocycles. The van der Waals surface area contributed by atoms with Gasteiger partial charge in [0, 0.05) is 21.7 Å². The zero-order valence-electron chi connectivity index (χ0n) is 14.7. The van der Waals surface area contributed by atoms with Gasteiger partial charge in [-0.2, -0.15) is 0 Å². The Kier molecular flexibility index (Phi) is 4.77. The molecule has 0 saturated heterocycles. The number of hydrogen-bond acceptors (Lipinski definition) is 5. The number of hydrogen-bond donors (Lipinski definition) is 2. The highest BCUT2D eigenvalue weighted by molar-refractivity contribution is 6.35. The molecule has 0 unspecified atom stereocenters. The molecular weight excluding hydrogens is 417 g/mol. The van der Waals surface area contributed by atoms with E-state index in [1.165, 1.54) is 0 Å². The summed E-state index contributed by atoms with van der Waals surface area (Å²) in [6.07, 6.45) is 0. The predicted molar refractivity (Wildman–Crippen MR) is 109 cm³/mol. The number of pyridine rings is 1. The average Bonchev–Trinajstić information content (AvgIpc) is 2.95. The van der Waals surface area contributed by atoms with Crippen molar-refractivity contribution in [2.45, 2.75) is 6.61 Å². The van der Waals surface area contributed by atoms with Gasteiger partial charge < -0.3 is 10.5 Å². The molecule has 0 fully saturated rings. The molecule has 29 heavy (non-hydrogen) atoms. The van der Waals surface area contributed by atoms with Crippen molar-refractivity contribution in [1.29, 1.82) is 0 Å². The number of nitrogens with zero attached hydrogens (tertiary/aromatic N) is 1.